The van der Waals surface area contributed by atoms with Crippen molar-refractivity contribution in [2.75, 3.05) is 18.6 Å². The molecular formula is C17H24N2O3. The lowest BCUT2D eigenvalue weighted by molar-refractivity contribution is -0.127. The van der Waals surface area contributed by atoms with E-state index in [0.717, 1.165) is 18.5 Å². The molecule has 1 N–H and O–H groups in total. The van der Waals surface area contributed by atoms with E-state index in [9.17, 15) is 9.59 Å². The Kier molecular flexibility index (Phi) is 5.41. The van der Waals surface area contributed by atoms with Crippen molar-refractivity contribution in [2.24, 2.45) is 5.92 Å². The average Bonchev–Trinajstić information content (AvgIpc) is 2.94. The number of nitrogens with zero attached hydrogens (tertiary/aromatic N) is 1. The maximum Gasteiger partial charge on any atom is 0.227 e. The number of hydrogen-bond donors (Lipinski definition) is 1. The van der Waals surface area contributed by atoms with Crippen LogP contribution in [0.4, 0.5) is 5.69 Å². The number of amides is 2. The van der Waals surface area contributed by atoms with E-state index >= 15 is 0 Å². The minimum atomic E-state index is -0.278. The molecule has 1 heterocycles. The third-order valence-corrected chi connectivity index (χ3v) is 4.19. The molecule has 1 aliphatic heterocycles. The largest absolute Gasteiger partial charge is 0.497 e. The van der Waals surface area contributed by atoms with Gasteiger partial charge in [-0.2, -0.15) is 0 Å². The summed E-state index contributed by atoms with van der Waals surface area (Å²) in [7, 11) is 1.59. The predicted molar refractivity (Wildman–Crippen MR) is 86.0 cm³/mol. The van der Waals surface area contributed by atoms with Gasteiger partial charge in [-0.15, -0.1) is 0 Å². The average molecular weight is 304 g/mol. The number of benzene rings is 1. The molecule has 2 rings (SSSR count). The van der Waals surface area contributed by atoms with Crippen LogP contribution in [0.1, 0.15) is 33.1 Å². The van der Waals surface area contributed by atoms with E-state index in [0.29, 0.717) is 12.3 Å². The standard InChI is InChI=1S/C17H24N2O3/c1-4-13(5-2)18-17(21)12-9-16(20)19(11-12)14-7-6-8-15(10-14)22-3/h6-8,10,12-13H,4-5,9,11H2,1-3H3,(H,18,21)/t12-/m0/s1. The van der Waals surface area contributed by atoms with Crippen molar-refractivity contribution in [2.45, 2.75) is 39.2 Å². The molecule has 2 amide bonds. The SMILES string of the molecule is CCC(CC)NC(=O)[C@H]1CC(=O)N(c2cccc(OC)c2)C1. The van der Waals surface area contributed by atoms with Gasteiger partial charge in [0.1, 0.15) is 5.75 Å². The number of ether oxygens (including phenoxy) is 1. The van der Waals surface area contributed by atoms with Gasteiger partial charge in [0.15, 0.2) is 0 Å². The molecule has 5 heteroatoms. The zero-order valence-electron chi connectivity index (χ0n) is 13.5. The third-order valence-electron chi connectivity index (χ3n) is 4.19. The van der Waals surface area contributed by atoms with Crippen LogP contribution < -0.4 is 15.0 Å². The van der Waals surface area contributed by atoms with Crippen LogP contribution in [0.3, 0.4) is 0 Å². The lowest BCUT2D eigenvalue weighted by Crippen LogP contribution is -2.39. The first-order valence-corrected chi connectivity index (χ1v) is 7.83. The first-order chi connectivity index (χ1) is 10.6. The molecule has 0 spiro atoms. The summed E-state index contributed by atoms with van der Waals surface area (Å²) in [5, 5.41) is 3.03. The number of nitrogens with one attached hydrogen (secondary N) is 1. The highest BCUT2D eigenvalue weighted by atomic mass is 16.5. The predicted octanol–water partition coefficient (Wildman–Crippen LogP) is 2.35. The number of carbonyl (C=O) groups is 2. The summed E-state index contributed by atoms with van der Waals surface area (Å²) in [6, 6.07) is 7.55. The second kappa shape index (κ2) is 7.29. The molecular weight excluding hydrogens is 280 g/mol. The molecule has 22 heavy (non-hydrogen) atoms. The van der Waals surface area contributed by atoms with Crippen LogP contribution in [0.15, 0.2) is 24.3 Å². The minimum absolute atomic E-state index is 0.0158. The van der Waals surface area contributed by atoms with Gasteiger partial charge < -0.3 is 15.0 Å². The molecule has 1 aromatic carbocycles. The van der Waals surface area contributed by atoms with Crippen LogP contribution >= 0.6 is 0 Å². The topological polar surface area (TPSA) is 58.6 Å². The van der Waals surface area contributed by atoms with Crippen LogP contribution in [-0.2, 0) is 9.59 Å². The molecule has 1 fully saturated rings. The van der Waals surface area contributed by atoms with Crippen molar-refractivity contribution < 1.29 is 14.3 Å². The van der Waals surface area contributed by atoms with Gasteiger partial charge in [0.25, 0.3) is 0 Å². The Morgan fingerprint density at radius 3 is 2.77 bits per heavy atom. The molecule has 5 nitrogen and oxygen atoms in total. The van der Waals surface area contributed by atoms with E-state index < -0.39 is 0 Å². The van der Waals surface area contributed by atoms with Gasteiger partial charge in [0, 0.05) is 30.8 Å². The summed E-state index contributed by atoms with van der Waals surface area (Å²) in [6.07, 6.45) is 2.08. The highest BCUT2D eigenvalue weighted by molar-refractivity contribution is 6.00. The molecule has 1 saturated heterocycles. The Morgan fingerprint density at radius 2 is 2.14 bits per heavy atom. The summed E-state index contributed by atoms with van der Waals surface area (Å²) >= 11 is 0. The van der Waals surface area contributed by atoms with E-state index in [2.05, 4.69) is 19.2 Å². The van der Waals surface area contributed by atoms with E-state index in [1.165, 1.54) is 0 Å². The Morgan fingerprint density at radius 1 is 1.41 bits per heavy atom. The maximum absolute atomic E-state index is 12.3. The molecule has 0 bridgehead atoms. The Labute approximate surface area is 131 Å². The summed E-state index contributed by atoms with van der Waals surface area (Å²) < 4.78 is 5.19. The highest BCUT2D eigenvalue weighted by Gasteiger charge is 2.35. The Hall–Kier alpha value is -2.04. The summed E-state index contributed by atoms with van der Waals surface area (Å²) in [4.78, 5) is 26.2. The smallest absolute Gasteiger partial charge is 0.227 e. The van der Waals surface area contributed by atoms with Crippen molar-refractivity contribution >= 4 is 17.5 Å². The Balaban J connectivity index is 2.05. The molecule has 0 aliphatic carbocycles. The minimum Gasteiger partial charge on any atom is -0.497 e. The lowest BCUT2D eigenvalue weighted by atomic mass is 10.1. The first kappa shape index (κ1) is 16.3. The fourth-order valence-corrected chi connectivity index (χ4v) is 2.72. The van der Waals surface area contributed by atoms with Gasteiger partial charge in [-0.25, -0.2) is 0 Å². The van der Waals surface area contributed by atoms with Crippen LogP contribution in [0.5, 0.6) is 5.75 Å². The second-order valence-corrected chi connectivity index (χ2v) is 5.63. The third kappa shape index (κ3) is 3.59. The molecule has 0 aromatic heterocycles. The number of hydrogen-bond acceptors (Lipinski definition) is 3. The van der Waals surface area contributed by atoms with Gasteiger partial charge in [0.2, 0.25) is 11.8 Å². The molecule has 1 aromatic rings. The fraction of sp³-hybridized carbons (Fsp3) is 0.529. The number of rotatable bonds is 6. The van der Waals surface area contributed by atoms with Crippen LogP contribution in [0, 0.1) is 5.92 Å². The molecule has 0 unspecified atom stereocenters. The summed E-state index contributed by atoms with van der Waals surface area (Å²) in [6.45, 7) is 4.53. The molecule has 0 radical (unpaired) electrons. The summed E-state index contributed by atoms with van der Waals surface area (Å²) in [5.74, 6) is 0.389. The zero-order valence-corrected chi connectivity index (χ0v) is 13.5. The molecule has 1 atom stereocenters. The second-order valence-electron chi connectivity index (χ2n) is 5.63. The number of anilines is 1. The van der Waals surface area contributed by atoms with Crippen molar-refractivity contribution in [1.82, 2.24) is 5.32 Å². The van der Waals surface area contributed by atoms with Crippen molar-refractivity contribution in [3.63, 3.8) is 0 Å². The fourth-order valence-electron chi connectivity index (χ4n) is 2.72. The lowest BCUT2D eigenvalue weighted by Gasteiger charge is -2.19. The number of methoxy groups -OCH3 is 1. The first-order valence-electron chi connectivity index (χ1n) is 7.83. The van der Waals surface area contributed by atoms with Gasteiger partial charge in [0.05, 0.1) is 13.0 Å². The van der Waals surface area contributed by atoms with Crippen LogP contribution in [-0.4, -0.2) is 31.5 Å². The van der Waals surface area contributed by atoms with Gasteiger partial charge in [-0.05, 0) is 25.0 Å². The van der Waals surface area contributed by atoms with Crippen molar-refractivity contribution in [3.8, 4) is 5.75 Å². The molecule has 1 aliphatic rings. The quantitative estimate of drug-likeness (QED) is 0.877. The van der Waals surface area contributed by atoms with Gasteiger partial charge in [-0.1, -0.05) is 19.9 Å². The van der Waals surface area contributed by atoms with Crippen LogP contribution in [0.25, 0.3) is 0 Å². The van der Waals surface area contributed by atoms with Gasteiger partial charge in [-0.3, -0.25) is 9.59 Å². The van der Waals surface area contributed by atoms with Crippen molar-refractivity contribution in [1.29, 1.82) is 0 Å². The van der Waals surface area contributed by atoms with Crippen molar-refractivity contribution in [3.05, 3.63) is 24.3 Å². The monoisotopic (exact) mass is 304 g/mol. The van der Waals surface area contributed by atoms with E-state index in [-0.39, 0.29) is 30.2 Å². The van der Waals surface area contributed by atoms with E-state index in [1.807, 2.05) is 24.3 Å². The maximum atomic E-state index is 12.3. The summed E-state index contributed by atoms with van der Waals surface area (Å²) in [5.41, 5.74) is 0.780. The Bertz CT molecular complexity index is 540. The molecule has 0 saturated carbocycles. The number of carbonyl (C=O) groups excluding carboxylic acids is 2. The zero-order chi connectivity index (χ0) is 16.1. The van der Waals surface area contributed by atoms with E-state index in [4.69, 9.17) is 4.74 Å². The van der Waals surface area contributed by atoms with Crippen LogP contribution in [0.2, 0.25) is 0 Å². The highest BCUT2D eigenvalue weighted by Crippen LogP contribution is 2.28. The van der Waals surface area contributed by atoms with E-state index in [1.54, 1.807) is 12.0 Å². The van der Waals surface area contributed by atoms with Gasteiger partial charge >= 0.3 is 0 Å². The normalized spacial score (nSPS) is 17.9. The molecule has 120 valence electrons.